The Morgan fingerprint density at radius 3 is 2.55 bits per heavy atom. The van der Waals surface area contributed by atoms with Gasteiger partial charge in [-0.2, -0.15) is 0 Å². The van der Waals surface area contributed by atoms with Crippen LogP contribution in [0.15, 0.2) is 12.1 Å². The van der Waals surface area contributed by atoms with E-state index in [1.807, 2.05) is 0 Å². The maximum atomic E-state index is 5.51. The van der Waals surface area contributed by atoms with E-state index in [2.05, 4.69) is 30.9 Å². The van der Waals surface area contributed by atoms with Crippen molar-refractivity contribution in [1.82, 2.24) is 4.90 Å². The van der Waals surface area contributed by atoms with Crippen molar-refractivity contribution in [2.75, 3.05) is 27.3 Å². The fourth-order valence-electron chi connectivity index (χ4n) is 4.31. The lowest BCUT2D eigenvalue weighted by atomic mass is 9.81. The zero-order valence-corrected chi connectivity index (χ0v) is 14.4. The second-order valence-corrected chi connectivity index (χ2v) is 7.24. The molecule has 2 aliphatic heterocycles. The summed E-state index contributed by atoms with van der Waals surface area (Å²) in [6, 6.07) is 4.98. The highest BCUT2D eigenvalue weighted by Gasteiger charge is 2.34. The molecule has 0 N–H and O–H groups in total. The summed E-state index contributed by atoms with van der Waals surface area (Å²) in [5, 5.41) is 0. The van der Waals surface area contributed by atoms with E-state index in [1.54, 1.807) is 14.2 Å². The summed E-state index contributed by atoms with van der Waals surface area (Å²) in [5.74, 6) is 3.41. The SMILES string of the molecule is COc1cc2c(cc1OC)[C@H]1CCC(CC(C)C)CN1CC2. The van der Waals surface area contributed by atoms with Gasteiger partial charge in [0.25, 0.3) is 0 Å². The lowest BCUT2D eigenvalue weighted by molar-refractivity contribution is 0.0894. The molecule has 3 rings (SSSR count). The zero-order chi connectivity index (χ0) is 15.7. The largest absolute Gasteiger partial charge is 0.493 e. The van der Waals surface area contributed by atoms with Crippen LogP contribution in [0.25, 0.3) is 0 Å². The molecule has 2 heterocycles. The summed E-state index contributed by atoms with van der Waals surface area (Å²) < 4.78 is 11.0. The molecule has 122 valence electrons. The molecule has 1 aromatic rings. The van der Waals surface area contributed by atoms with E-state index in [-0.39, 0.29) is 0 Å². The van der Waals surface area contributed by atoms with E-state index in [4.69, 9.17) is 9.47 Å². The fraction of sp³-hybridized carbons (Fsp3) is 0.684. The quantitative estimate of drug-likeness (QED) is 0.837. The Hall–Kier alpha value is -1.22. The number of ether oxygens (including phenoxy) is 2. The molecule has 0 radical (unpaired) electrons. The number of hydrogen-bond donors (Lipinski definition) is 0. The van der Waals surface area contributed by atoms with Gasteiger partial charge in [-0.05, 0) is 60.8 Å². The molecule has 1 unspecified atom stereocenters. The predicted molar refractivity (Wildman–Crippen MR) is 89.7 cm³/mol. The van der Waals surface area contributed by atoms with E-state index in [9.17, 15) is 0 Å². The van der Waals surface area contributed by atoms with Crippen molar-refractivity contribution in [3.8, 4) is 11.5 Å². The number of piperidine rings is 1. The van der Waals surface area contributed by atoms with Crippen LogP contribution in [0.3, 0.4) is 0 Å². The van der Waals surface area contributed by atoms with Gasteiger partial charge in [-0.25, -0.2) is 0 Å². The van der Waals surface area contributed by atoms with Gasteiger partial charge < -0.3 is 9.47 Å². The fourth-order valence-corrected chi connectivity index (χ4v) is 4.31. The van der Waals surface area contributed by atoms with E-state index < -0.39 is 0 Å². The van der Waals surface area contributed by atoms with Crippen LogP contribution in [0.5, 0.6) is 11.5 Å². The summed E-state index contributed by atoms with van der Waals surface area (Å²) in [4.78, 5) is 2.70. The smallest absolute Gasteiger partial charge is 0.161 e. The summed E-state index contributed by atoms with van der Waals surface area (Å²) >= 11 is 0. The molecule has 3 heteroatoms. The van der Waals surface area contributed by atoms with Gasteiger partial charge in [-0.3, -0.25) is 4.90 Å². The average Bonchev–Trinajstić information content (AvgIpc) is 2.52. The minimum absolute atomic E-state index is 0.576. The van der Waals surface area contributed by atoms with Crippen LogP contribution in [-0.4, -0.2) is 32.2 Å². The zero-order valence-electron chi connectivity index (χ0n) is 14.4. The van der Waals surface area contributed by atoms with Gasteiger partial charge >= 0.3 is 0 Å². The highest BCUT2D eigenvalue weighted by molar-refractivity contribution is 5.49. The van der Waals surface area contributed by atoms with Gasteiger partial charge in [0.15, 0.2) is 11.5 Å². The maximum Gasteiger partial charge on any atom is 0.161 e. The molecular weight excluding hydrogens is 274 g/mol. The van der Waals surface area contributed by atoms with Crippen molar-refractivity contribution in [3.05, 3.63) is 23.3 Å². The number of methoxy groups -OCH3 is 2. The lowest BCUT2D eigenvalue weighted by Crippen LogP contribution is -2.42. The molecule has 1 saturated heterocycles. The molecule has 0 saturated carbocycles. The van der Waals surface area contributed by atoms with Crippen molar-refractivity contribution in [2.45, 2.75) is 45.6 Å². The third kappa shape index (κ3) is 2.96. The molecule has 22 heavy (non-hydrogen) atoms. The topological polar surface area (TPSA) is 21.7 Å². The molecule has 1 fully saturated rings. The van der Waals surface area contributed by atoms with Crippen LogP contribution in [0.2, 0.25) is 0 Å². The van der Waals surface area contributed by atoms with Crippen LogP contribution >= 0.6 is 0 Å². The Labute approximate surface area is 134 Å². The first kappa shape index (κ1) is 15.7. The number of fused-ring (bicyclic) bond motifs is 3. The van der Waals surface area contributed by atoms with Gasteiger partial charge in [-0.15, -0.1) is 0 Å². The van der Waals surface area contributed by atoms with Crippen LogP contribution in [0, 0.1) is 11.8 Å². The molecule has 0 amide bonds. The number of benzene rings is 1. The van der Waals surface area contributed by atoms with Crippen molar-refractivity contribution in [3.63, 3.8) is 0 Å². The molecule has 3 nitrogen and oxygen atoms in total. The summed E-state index contributed by atoms with van der Waals surface area (Å²) in [5.41, 5.74) is 2.91. The van der Waals surface area contributed by atoms with Crippen LogP contribution in [0.4, 0.5) is 0 Å². The van der Waals surface area contributed by atoms with Crippen molar-refractivity contribution >= 4 is 0 Å². The molecule has 2 atom stereocenters. The van der Waals surface area contributed by atoms with Crippen LogP contribution in [0.1, 0.15) is 50.3 Å². The van der Waals surface area contributed by atoms with Crippen molar-refractivity contribution in [1.29, 1.82) is 0 Å². The van der Waals surface area contributed by atoms with Gasteiger partial charge in [0.1, 0.15) is 0 Å². The minimum Gasteiger partial charge on any atom is -0.493 e. The van der Waals surface area contributed by atoms with Gasteiger partial charge in [0.2, 0.25) is 0 Å². The summed E-state index contributed by atoms with van der Waals surface area (Å²) in [7, 11) is 3.45. The third-order valence-electron chi connectivity index (χ3n) is 5.26. The number of hydrogen-bond acceptors (Lipinski definition) is 3. The minimum atomic E-state index is 0.576. The molecule has 0 aliphatic carbocycles. The number of nitrogens with zero attached hydrogens (tertiary/aromatic N) is 1. The first-order valence-electron chi connectivity index (χ1n) is 8.61. The van der Waals surface area contributed by atoms with Crippen molar-refractivity contribution in [2.24, 2.45) is 11.8 Å². The molecule has 0 spiro atoms. The Morgan fingerprint density at radius 2 is 1.86 bits per heavy atom. The molecule has 2 aliphatic rings. The van der Waals surface area contributed by atoms with E-state index in [0.717, 1.165) is 29.8 Å². The first-order valence-corrected chi connectivity index (χ1v) is 8.61. The van der Waals surface area contributed by atoms with Crippen LogP contribution in [-0.2, 0) is 6.42 Å². The second kappa shape index (κ2) is 6.49. The average molecular weight is 303 g/mol. The molecular formula is C19H29NO2. The summed E-state index contributed by atoms with van der Waals surface area (Å²) in [6.45, 7) is 7.13. The predicted octanol–water partition coefficient (Wildman–Crippen LogP) is 4.06. The normalized spacial score (nSPS) is 24.8. The Balaban J connectivity index is 1.82. The van der Waals surface area contributed by atoms with E-state index in [0.29, 0.717) is 6.04 Å². The van der Waals surface area contributed by atoms with Gasteiger partial charge in [0, 0.05) is 19.1 Å². The molecule has 1 aromatic carbocycles. The Morgan fingerprint density at radius 1 is 1.14 bits per heavy atom. The highest BCUT2D eigenvalue weighted by atomic mass is 16.5. The monoisotopic (exact) mass is 303 g/mol. The van der Waals surface area contributed by atoms with Crippen molar-refractivity contribution < 1.29 is 9.47 Å². The van der Waals surface area contributed by atoms with Gasteiger partial charge in [-0.1, -0.05) is 13.8 Å². The maximum absolute atomic E-state index is 5.51. The third-order valence-corrected chi connectivity index (χ3v) is 5.26. The first-order chi connectivity index (χ1) is 10.6. The lowest BCUT2D eigenvalue weighted by Gasteiger charge is -2.44. The summed E-state index contributed by atoms with van der Waals surface area (Å²) in [6.07, 6.45) is 5.12. The standard InChI is InChI=1S/C19H29NO2/c1-13(2)9-14-5-6-17-16-11-19(22-4)18(21-3)10-15(16)7-8-20(17)12-14/h10-11,13-14,17H,5-9,12H2,1-4H3/t14?,17-/m1/s1. The Kier molecular flexibility index (Phi) is 4.62. The van der Waals surface area contributed by atoms with Gasteiger partial charge in [0.05, 0.1) is 14.2 Å². The van der Waals surface area contributed by atoms with E-state index in [1.165, 1.54) is 43.5 Å². The highest BCUT2D eigenvalue weighted by Crippen LogP contribution is 2.43. The van der Waals surface area contributed by atoms with Crippen LogP contribution < -0.4 is 9.47 Å². The Bertz CT molecular complexity index is 526. The van der Waals surface area contributed by atoms with E-state index >= 15 is 0 Å². The molecule has 0 bridgehead atoms. The molecule has 0 aromatic heterocycles. The number of rotatable bonds is 4. The second-order valence-electron chi connectivity index (χ2n) is 7.24.